The first-order valence-corrected chi connectivity index (χ1v) is 13.7. The number of aliphatic hydroxyl groups excluding tert-OH is 1. The number of nitrogens with zero attached hydrogens (tertiary/aromatic N) is 1. The molecule has 9 heteroatoms. The quantitative estimate of drug-likeness (QED) is 0.179. The molecule has 0 aromatic heterocycles. The van der Waals surface area contributed by atoms with E-state index in [1.165, 1.54) is 7.11 Å². The van der Waals surface area contributed by atoms with E-state index in [0.29, 0.717) is 19.3 Å². The summed E-state index contributed by atoms with van der Waals surface area (Å²) in [6.07, 6.45) is -0.740. The molecule has 2 amide bonds. The summed E-state index contributed by atoms with van der Waals surface area (Å²) in [5.74, 6) is 0. The molecule has 2 rings (SSSR count). The van der Waals surface area contributed by atoms with Crippen LogP contribution in [0.25, 0.3) is 0 Å². The van der Waals surface area contributed by atoms with Crippen LogP contribution >= 0.6 is 0 Å². The van der Waals surface area contributed by atoms with Crippen LogP contribution in [0.4, 0.5) is 4.79 Å². The van der Waals surface area contributed by atoms with Gasteiger partial charge in [0.15, 0.2) is 5.66 Å². The highest BCUT2D eigenvalue weighted by molar-refractivity contribution is 5.68. The van der Waals surface area contributed by atoms with Crippen LogP contribution in [0.3, 0.4) is 0 Å². The summed E-state index contributed by atoms with van der Waals surface area (Å²) in [7, 11) is 1.48. The highest BCUT2D eigenvalue weighted by Crippen LogP contribution is 2.31. The van der Waals surface area contributed by atoms with E-state index in [-0.39, 0.29) is 12.8 Å². The Morgan fingerprint density at radius 2 is 1.52 bits per heavy atom. The monoisotopic (exact) mass is 557 g/mol. The van der Waals surface area contributed by atoms with Gasteiger partial charge in [0.25, 0.3) is 0 Å². The Hall–Kier alpha value is -2.98. The molecular weight excluding hydrogens is 510 g/mol. The van der Waals surface area contributed by atoms with Crippen molar-refractivity contribution in [1.82, 2.24) is 10.4 Å². The van der Waals surface area contributed by atoms with Gasteiger partial charge in [0, 0.05) is 20.0 Å². The average Bonchev–Trinajstić information content (AvgIpc) is 2.87. The van der Waals surface area contributed by atoms with Gasteiger partial charge in [-0.25, -0.2) is 4.79 Å². The molecule has 0 aliphatic carbocycles. The second-order valence-electron chi connectivity index (χ2n) is 12.1. The minimum absolute atomic E-state index is 0.0985. The molecule has 4 N–H and O–H groups in total. The maximum Gasteiger partial charge on any atom is 0.436 e. The van der Waals surface area contributed by atoms with Crippen molar-refractivity contribution in [3.8, 4) is 0 Å². The number of hydrogen-bond donors (Lipinski definition) is 3. The molecular formula is C31H47N3O6. The molecule has 2 aromatic rings. The van der Waals surface area contributed by atoms with Crippen LogP contribution in [0, 0.1) is 0 Å². The van der Waals surface area contributed by atoms with Crippen molar-refractivity contribution in [2.75, 3.05) is 7.11 Å². The molecule has 4 atom stereocenters. The van der Waals surface area contributed by atoms with Crippen molar-refractivity contribution < 1.29 is 29.0 Å². The van der Waals surface area contributed by atoms with Gasteiger partial charge in [-0.3, -0.25) is 9.63 Å². The van der Waals surface area contributed by atoms with E-state index < -0.39 is 41.2 Å². The molecule has 0 fully saturated rings. The van der Waals surface area contributed by atoms with Crippen LogP contribution in [-0.4, -0.2) is 64.9 Å². The normalized spacial score (nSPS) is 15.8. The van der Waals surface area contributed by atoms with Crippen LogP contribution in [-0.2, 0) is 31.9 Å². The zero-order chi connectivity index (χ0) is 30.0. The minimum Gasteiger partial charge on any atom is -0.442 e. The van der Waals surface area contributed by atoms with Gasteiger partial charge in [-0.15, -0.1) is 0 Å². The maximum absolute atomic E-state index is 13.6. The third-order valence-electron chi connectivity index (χ3n) is 6.26. The average molecular weight is 558 g/mol. The Morgan fingerprint density at radius 3 is 2.00 bits per heavy atom. The van der Waals surface area contributed by atoms with Gasteiger partial charge in [-0.1, -0.05) is 60.7 Å². The van der Waals surface area contributed by atoms with Crippen molar-refractivity contribution in [3.05, 3.63) is 71.8 Å². The van der Waals surface area contributed by atoms with Gasteiger partial charge in [-0.2, -0.15) is 5.06 Å². The molecule has 9 nitrogen and oxygen atoms in total. The Kier molecular flexibility index (Phi) is 12.1. The summed E-state index contributed by atoms with van der Waals surface area (Å²) < 4.78 is 11.6. The van der Waals surface area contributed by atoms with E-state index in [2.05, 4.69) is 5.32 Å². The summed E-state index contributed by atoms with van der Waals surface area (Å²) >= 11 is 0. The van der Waals surface area contributed by atoms with Gasteiger partial charge < -0.3 is 25.6 Å². The van der Waals surface area contributed by atoms with E-state index in [1.54, 1.807) is 41.5 Å². The lowest BCUT2D eigenvalue weighted by molar-refractivity contribution is -0.276. The van der Waals surface area contributed by atoms with E-state index >= 15 is 0 Å². The molecule has 0 aliphatic heterocycles. The predicted molar refractivity (Wildman–Crippen MR) is 155 cm³/mol. The summed E-state index contributed by atoms with van der Waals surface area (Å²) in [6, 6.07) is 18.5. The van der Waals surface area contributed by atoms with Crippen LogP contribution in [0.1, 0.15) is 65.5 Å². The van der Waals surface area contributed by atoms with Crippen molar-refractivity contribution in [2.45, 2.75) is 102 Å². The summed E-state index contributed by atoms with van der Waals surface area (Å²) in [4.78, 5) is 31.4. The van der Waals surface area contributed by atoms with Gasteiger partial charge in [0.1, 0.15) is 5.60 Å². The van der Waals surface area contributed by atoms with Crippen LogP contribution in [0.15, 0.2) is 60.7 Å². The first-order valence-electron chi connectivity index (χ1n) is 13.7. The number of amides is 2. The first kappa shape index (κ1) is 33.2. The fourth-order valence-electron chi connectivity index (χ4n) is 4.43. The standard InChI is InChI=1S/C31H47N3O6/c1-29(2,3)39-28(37)34(40-30(4,5)6)31(32,21-24-16-12-9-13-17-24)27(38-7)20-25(33-22-35)26(36)19-18-23-14-10-8-11-15-23/h8-17,22,25-27,36H,18-21,32H2,1-7H3,(H,33,35). The van der Waals surface area contributed by atoms with Gasteiger partial charge in [0.2, 0.25) is 6.41 Å². The molecule has 0 saturated heterocycles. The number of nitrogens with two attached hydrogens (primary N) is 1. The third-order valence-corrected chi connectivity index (χ3v) is 6.26. The maximum atomic E-state index is 13.6. The van der Waals surface area contributed by atoms with Crippen molar-refractivity contribution in [3.63, 3.8) is 0 Å². The molecule has 0 aliphatic rings. The fraction of sp³-hybridized carbons (Fsp3) is 0.548. The lowest BCUT2D eigenvalue weighted by atomic mass is 9.88. The molecule has 0 bridgehead atoms. The Labute approximate surface area is 238 Å². The zero-order valence-corrected chi connectivity index (χ0v) is 24.9. The Bertz CT molecular complexity index is 1040. The highest BCUT2D eigenvalue weighted by atomic mass is 16.7. The largest absolute Gasteiger partial charge is 0.442 e. The Balaban J connectivity index is 2.48. The molecule has 2 aromatic carbocycles. The molecule has 222 valence electrons. The second-order valence-corrected chi connectivity index (χ2v) is 12.1. The van der Waals surface area contributed by atoms with Crippen molar-refractivity contribution >= 4 is 12.5 Å². The number of rotatable bonds is 14. The van der Waals surface area contributed by atoms with Crippen LogP contribution in [0.5, 0.6) is 0 Å². The molecule has 0 spiro atoms. The number of nitrogens with one attached hydrogen (secondary N) is 1. The van der Waals surface area contributed by atoms with Gasteiger partial charge in [0.05, 0.1) is 23.9 Å². The van der Waals surface area contributed by atoms with Crippen LogP contribution < -0.4 is 11.1 Å². The fourth-order valence-corrected chi connectivity index (χ4v) is 4.43. The number of aryl methyl sites for hydroxylation is 1. The van der Waals surface area contributed by atoms with E-state index in [1.807, 2.05) is 60.7 Å². The number of carbonyl (C=O) groups is 2. The molecule has 0 saturated carbocycles. The number of hydroxylamine groups is 2. The molecule has 0 radical (unpaired) electrons. The predicted octanol–water partition coefficient (Wildman–Crippen LogP) is 4.36. The van der Waals surface area contributed by atoms with E-state index in [0.717, 1.165) is 16.2 Å². The molecule has 4 unspecified atom stereocenters. The van der Waals surface area contributed by atoms with Crippen molar-refractivity contribution in [1.29, 1.82) is 0 Å². The number of methoxy groups -OCH3 is 1. The lowest BCUT2D eigenvalue weighted by Gasteiger charge is -2.47. The number of benzene rings is 2. The summed E-state index contributed by atoms with van der Waals surface area (Å²) in [6.45, 7) is 10.7. The van der Waals surface area contributed by atoms with Crippen molar-refractivity contribution in [2.24, 2.45) is 5.73 Å². The highest BCUT2D eigenvalue weighted by Gasteiger charge is 2.49. The second kappa shape index (κ2) is 14.6. The first-order chi connectivity index (χ1) is 18.7. The topological polar surface area (TPSA) is 123 Å². The van der Waals surface area contributed by atoms with Crippen LogP contribution in [0.2, 0.25) is 0 Å². The van der Waals surface area contributed by atoms with E-state index in [9.17, 15) is 14.7 Å². The third kappa shape index (κ3) is 10.5. The SMILES string of the molecule is COC(CC(NC=O)C(O)CCc1ccccc1)C(N)(Cc1ccccc1)N(OC(C)(C)C)C(=O)OC(C)(C)C. The summed E-state index contributed by atoms with van der Waals surface area (Å²) in [5.41, 5.74) is 5.83. The lowest BCUT2D eigenvalue weighted by Crippen LogP contribution is -2.69. The van der Waals surface area contributed by atoms with E-state index in [4.69, 9.17) is 20.0 Å². The van der Waals surface area contributed by atoms with Gasteiger partial charge in [-0.05, 0) is 65.5 Å². The number of hydrogen-bond acceptors (Lipinski definition) is 7. The summed E-state index contributed by atoms with van der Waals surface area (Å²) in [5, 5.41) is 14.9. The zero-order valence-electron chi connectivity index (χ0n) is 24.9. The molecule has 40 heavy (non-hydrogen) atoms. The Morgan fingerprint density at radius 1 is 0.975 bits per heavy atom. The smallest absolute Gasteiger partial charge is 0.436 e. The minimum atomic E-state index is -1.59. The number of ether oxygens (including phenoxy) is 2. The van der Waals surface area contributed by atoms with Gasteiger partial charge >= 0.3 is 6.09 Å². The molecule has 0 heterocycles. The number of carbonyl (C=O) groups excluding carboxylic acids is 2. The number of aliphatic hydroxyl groups is 1.